The van der Waals surface area contributed by atoms with E-state index in [1.807, 2.05) is 13.0 Å². The van der Waals surface area contributed by atoms with Crippen molar-refractivity contribution < 1.29 is 29.2 Å². The lowest BCUT2D eigenvalue weighted by atomic mass is 9.88. The lowest BCUT2D eigenvalue weighted by Gasteiger charge is -2.23. The van der Waals surface area contributed by atoms with Crippen molar-refractivity contribution in [3.05, 3.63) is 110 Å². The molecule has 3 aliphatic carbocycles. The molecule has 0 spiro atoms. The Hall–Kier alpha value is -3.47. The molecule has 3 aromatic heterocycles. The first-order valence-electron chi connectivity index (χ1n) is 15.8. The number of aromatic nitrogens is 3. The molecule has 0 radical (unpaired) electrons. The number of fused-ring (bicyclic) bond motifs is 3. The molecule has 248 valence electrons. The van der Waals surface area contributed by atoms with E-state index < -0.39 is 24.3 Å². The van der Waals surface area contributed by atoms with Crippen LogP contribution < -0.4 is 0 Å². The fraction of sp³-hybridized carbons (Fsp3) is 0.389. The van der Waals surface area contributed by atoms with E-state index >= 15 is 0 Å². The molecular formula is C36H38Cl2FN3O5. The SMILES string of the molecule is COC(=O)c1cc(C)c2c(n1)C(O)CCC2.OC1CCCc2c(-c3ccc(F)cc3)cc(Cl)nc21.OC1CCCc2ccc(Cl)nc21. The molecule has 3 N–H and O–H groups in total. The number of pyridine rings is 3. The van der Waals surface area contributed by atoms with Gasteiger partial charge in [0.25, 0.3) is 0 Å². The van der Waals surface area contributed by atoms with Gasteiger partial charge < -0.3 is 20.1 Å². The van der Waals surface area contributed by atoms with Crippen molar-refractivity contribution in [2.45, 2.75) is 83.0 Å². The van der Waals surface area contributed by atoms with Crippen LogP contribution in [-0.4, -0.2) is 43.4 Å². The van der Waals surface area contributed by atoms with E-state index in [0.717, 1.165) is 84.0 Å². The lowest BCUT2D eigenvalue weighted by molar-refractivity contribution is 0.0592. The number of benzene rings is 1. The number of hydrogen-bond donors (Lipinski definition) is 3. The monoisotopic (exact) mass is 681 g/mol. The molecule has 4 aromatic rings. The Bertz CT molecular complexity index is 1740. The molecule has 8 nitrogen and oxygen atoms in total. The molecule has 0 saturated carbocycles. The molecule has 0 amide bonds. The van der Waals surface area contributed by atoms with Crippen molar-refractivity contribution in [1.82, 2.24) is 15.0 Å². The van der Waals surface area contributed by atoms with E-state index in [0.29, 0.717) is 34.5 Å². The smallest absolute Gasteiger partial charge is 0.356 e. The van der Waals surface area contributed by atoms with Gasteiger partial charge in [0.15, 0.2) is 0 Å². The number of esters is 1. The maximum absolute atomic E-state index is 13.0. The summed E-state index contributed by atoms with van der Waals surface area (Å²) in [5, 5.41) is 30.3. The maximum atomic E-state index is 13.0. The summed E-state index contributed by atoms with van der Waals surface area (Å²) in [6, 6.07) is 13.5. The number of nitrogens with zero attached hydrogens (tertiary/aromatic N) is 3. The lowest BCUT2D eigenvalue weighted by Crippen LogP contribution is -2.16. The first-order valence-corrected chi connectivity index (χ1v) is 16.5. The molecule has 0 saturated heterocycles. The number of aryl methyl sites for hydroxylation is 2. The van der Waals surface area contributed by atoms with Crippen molar-refractivity contribution >= 4 is 29.2 Å². The van der Waals surface area contributed by atoms with Gasteiger partial charge in [-0.05, 0) is 128 Å². The molecule has 1 aromatic carbocycles. The van der Waals surface area contributed by atoms with E-state index in [1.165, 1.54) is 19.2 Å². The normalized spacial score (nSPS) is 19.4. The largest absolute Gasteiger partial charge is 0.464 e. The zero-order valence-corrected chi connectivity index (χ0v) is 27.9. The van der Waals surface area contributed by atoms with Gasteiger partial charge >= 0.3 is 5.97 Å². The van der Waals surface area contributed by atoms with Gasteiger partial charge in [0.1, 0.15) is 21.8 Å². The first kappa shape index (κ1) is 34.9. The fourth-order valence-electron chi connectivity index (χ4n) is 6.34. The third kappa shape index (κ3) is 8.34. The summed E-state index contributed by atoms with van der Waals surface area (Å²) < 4.78 is 17.6. The number of hydrogen-bond acceptors (Lipinski definition) is 8. The minimum atomic E-state index is -0.554. The summed E-state index contributed by atoms with van der Waals surface area (Å²) in [7, 11) is 1.33. The minimum absolute atomic E-state index is 0.266. The number of carbonyl (C=O) groups is 1. The molecule has 0 bridgehead atoms. The Morgan fingerprint density at radius 2 is 1.34 bits per heavy atom. The van der Waals surface area contributed by atoms with Crippen LogP contribution in [0.3, 0.4) is 0 Å². The van der Waals surface area contributed by atoms with Crippen molar-refractivity contribution in [2.75, 3.05) is 7.11 Å². The first-order chi connectivity index (χ1) is 22.5. The van der Waals surface area contributed by atoms with Crippen LogP contribution in [-0.2, 0) is 24.0 Å². The Kier molecular flexibility index (Phi) is 11.6. The number of aliphatic hydroxyl groups is 3. The van der Waals surface area contributed by atoms with Crippen LogP contribution in [0.5, 0.6) is 0 Å². The maximum Gasteiger partial charge on any atom is 0.356 e. The number of ether oxygens (including phenoxy) is 1. The van der Waals surface area contributed by atoms with Crippen molar-refractivity contribution in [3.8, 4) is 11.1 Å². The number of methoxy groups -OCH3 is 1. The summed E-state index contributed by atoms with van der Waals surface area (Å²) in [4.78, 5) is 23.9. The van der Waals surface area contributed by atoms with Crippen LogP contribution in [0.25, 0.3) is 11.1 Å². The highest BCUT2D eigenvalue weighted by atomic mass is 35.5. The molecular weight excluding hydrogens is 644 g/mol. The van der Waals surface area contributed by atoms with Crippen LogP contribution in [0, 0.1) is 12.7 Å². The van der Waals surface area contributed by atoms with E-state index in [4.69, 9.17) is 23.2 Å². The molecule has 11 heteroatoms. The van der Waals surface area contributed by atoms with Gasteiger partial charge in [-0.15, -0.1) is 0 Å². The molecule has 3 heterocycles. The van der Waals surface area contributed by atoms with Gasteiger partial charge in [-0.3, -0.25) is 0 Å². The van der Waals surface area contributed by atoms with E-state index in [2.05, 4.69) is 19.7 Å². The molecule has 7 rings (SSSR count). The van der Waals surface area contributed by atoms with Gasteiger partial charge in [0, 0.05) is 0 Å². The Morgan fingerprint density at radius 1 is 0.766 bits per heavy atom. The minimum Gasteiger partial charge on any atom is -0.464 e. The zero-order chi connectivity index (χ0) is 33.7. The highest BCUT2D eigenvalue weighted by Crippen LogP contribution is 2.37. The van der Waals surface area contributed by atoms with Gasteiger partial charge in [0.2, 0.25) is 0 Å². The van der Waals surface area contributed by atoms with Crippen LogP contribution in [0.1, 0.15) is 107 Å². The highest BCUT2D eigenvalue weighted by Gasteiger charge is 2.25. The van der Waals surface area contributed by atoms with E-state index in [1.54, 1.807) is 30.3 Å². The van der Waals surface area contributed by atoms with Gasteiger partial charge in [-0.1, -0.05) is 41.4 Å². The summed E-state index contributed by atoms with van der Waals surface area (Å²) in [5.41, 5.74) is 8.44. The quantitative estimate of drug-likeness (QED) is 0.146. The third-order valence-corrected chi connectivity index (χ3v) is 9.12. The third-order valence-electron chi connectivity index (χ3n) is 8.71. The highest BCUT2D eigenvalue weighted by molar-refractivity contribution is 6.29. The second-order valence-corrected chi connectivity index (χ2v) is 12.7. The molecule has 47 heavy (non-hydrogen) atoms. The summed E-state index contributed by atoms with van der Waals surface area (Å²) in [5.74, 6) is -0.721. The number of halogens is 3. The Labute approximate surface area is 283 Å². The Balaban J connectivity index is 0.000000142. The average molecular weight is 683 g/mol. The second kappa shape index (κ2) is 15.6. The van der Waals surface area contributed by atoms with Crippen molar-refractivity contribution in [2.24, 2.45) is 0 Å². The topological polar surface area (TPSA) is 126 Å². The fourth-order valence-corrected chi connectivity index (χ4v) is 6.69. The number of aliphatic hydroxyl groups excluding tert-OH is 3. The molecule has 0 fully saturated rings. The standard InChI is InChI=1S/C15H13ClFNO.C12H15NO3.C9H10ClNO/c16-14-8-12(9-4-6-10(17)7-5-9)11-2-1-3-13(19)15(11)18-14;1-7-6-9(12(15)16-2)13-11-8(7)4-3-5-10(11)14;10-8-5-4-6-2-1-3-7(12)9(6)11-8/h4-8,13,19H,1-3H2;6,10,14H,3-5H2,1-2H3;4-5,7,12H,1-3H2. The zero-order valence-electron chi connectivity index (χ0n) is 26.3. The van der Waals surface area contributed by atoms with Crippen molar-refractivity contribution in [3.63, 3.8) is 0 Å². The molecule has 3 unspecified atom stereocenters. The molecule has 0 aliphatic heterocycles. The molecule has 3 aliphatic rings. The predicted octanol–water partition coefficient (Wildman–Crippen LogP) is 7.56. The summed E-state index contributed by atoms with van der Waals surface area (Å²) in [6.07, 6.45) is 6.44. The van der Waals surface area contributed by atoms with E-state index in [-0.39, 0.29) is 11.5 Å². The van der Waals surface area contributed by atoms with Crippen LogP contribution in [0.15, 0.2) is 48.5 Å². The number of rotatable bonds is 2. The van der Waals surface area contributed by atoms with Crippen LogP contribution in [0.4, 0.5) is 4.39 Å². The van der Waals surface area contributed by atoms with Gasteiger partial charge in [-0.2, -0.15) is 0 Å². The van der Waals surface area contributed by atoms with E-state index in [9.17, 15) is 24.5 Å². The van der Waals surface area contributed by atoms with Crippen molar-refractivity contribution in [1.29, 1.82) is 0 Å². The average Bonchev–Trinajstić information content (AvgIpc) is 3.06. The molecule has 3 atom stereocenters. The van der Waals surface area contributed by atoms with Crippen LogP contribution in [0.2, 0.25) is 10.3 Å². The van der Waals surface area contributed by atoms with Crippen LogP contribution >= 0.6 is 23.2 Å². The second-order valence-electron chi connectivity index (χ2n) is 11.9. The van der Waals surface area contributed by atoms with Gasteiger partial charge in [0.05, 0.1) is 42.5 Å². The summed E-state index contributed by atoms with van der Waals surface area (Å²) >= 11 is 11.8. The van der Waals surface area contributed by atoms with Gasteiger partial charge in [-0.25, -0.2) is 24.1 Å². The summed E-state index contributed by atoms with van der Waals surface area (Å²) in [6.45, 7) is 1.94. The predicted molar refractivity (Wildman–Crippen MR) is 178 cm³/mol. The number of carbonyl (C=O) groups excluding carboxylic acids is 1. The Morgan fingerprint density at radius 3 is 2.00 bits per heavy atom.